The number of carbonyl (C=O) groups excluding carboxylic acids is 1. The Bertz CT molecular complexity index is 921. The van der Waals surface area contributed by atoms with Crippen molar-refractivity contribution < 1.29 is 22.7 Å². The highest BCUT2D eigenvalue weighted by Crippen LogP contribution is 2.35. The maximum atomic E-state index is 12.9. The summed E-state index contributed by atoms with van der Waals surface area (Å²) in [7, 11) is 0. The van der Waals surface area contributed by atoms with E-state index in [1.807, 2.05) is 25.1 Å². The van der Waals surface area contributed by atoms with E-state index in [0.29, 0.717) is 23.7 Å². The third-order valence-corrected chi connectivity index (χ3v) is 6.36. The fourth-order valence-electron chi connectivity index (χ4n) is 4.41. The Morgan fingerprint density at radius 1 is 1.09 bits per heavy atom. The second kappa shape index (κ2) is 10.3. The highest BCUT2D eigenvalue weighted by Gasteiger charge is 2.28. The molecule has 2 aliphatic rings. The third-order valence-electron chi connectivity index (χ3n) is 6.36. The second-order valence-corrected chi connectivity index (χ2v) is 10.1. The summed E-state index contributed by atoms with van der Waals surface area (Å²) in [5, 5.41) is 5.59. The summed E-state index contributed by atoms with van der Waals surface area (Å²) >= 11 is 0. The molecule has 1 heterocycles. The topological polar surface area (TPSA) is 50.4 Å². The van der Waals surface area contributed by atoms with E-state index in [0.717, 1.165) is 61.2 Å². The van der Waals surface area contributed by atoms with E-state index in [4.69, 9.17) is 4.74 Å². The number of hydrogen-bond acceptors (Lipinski definition) is 3. The number of alkyl halides is 3. The molecule has 1 aromatic rings. The van der Waals surface area contributed by atoms with Crippen LogP contribution in [0.25, 0.3) is 6.08 Å². The van der Waals surface area contributed by atoms with E-state index in [1.165, 1.54) is 0 Å². The van der Waals surface area contributed by atoms with Gasteiger partial charge >= 0.3 is 6.18 Å². The third kappa shape index (κ3) is 7.10. The summed E-state index contributed by atoms with van der Waals surface area (Å²) in [6.07, 6.45) is 2.74. The molecule has 0 spiro atoms. The molecule has 182 valence electrons. The molecule has 0 unspecified atom stereocenters. The number of carbonyl (C=O) groups is 1. The predicted octanol–water partition coefficient (Wildman–Crippen LogP) is 5.78. The number of benzene rings is 1. The highest BCUT2D eigenvalue weighted by molar-refractivity contribution is 5.98. The first-order chi connectivity index (χ1) is 15.4. The van der Waals surface area contributed by atoms with Crippen LogP contribution in [0.1, 0.15) is 63.6 Å². The van der Waals surface area contributed by atoms with E-state index in [2.05, 4.69) is 31.4 Å². The first kappa shape index (κ1) is 25.3. The Morgan fingerprint density at radius 2 is 1.79 bits per heavy atom. The fourth-order valence-corrected chi connectivity index (χ4v) is 4.41. The molecule has 33 heavy (non-hydrogen) atoms. The number of ether oxygens (including phenoxy) is 1. The number of nitrogens with one attached hydrogen (secondary N) is 2. The van der Waals surface area contributed by atoms with E-state index in [1.54, 1.807) is 6.07 Å². The molecule has 3 rings (SSSR count). The zero-order chi connectivity index (χ0) is 24.2. The molecule has 0 atom stereocenters. The minimum atomic E-state index is -4.29. The second-order valence-electron chi connectivity index (χ2n) is 10.1. The molecule has 1 fully saturated rings. The van der Waals surface area contributed by atoms with Crippen LogP contribution < -0.4 is 10.6 Å². The minimum absolute atomic E-state index is 0.0962. The lowest BCUT2D eigenvalue weighted by Crippen LogP contribution is -2.33. The number of rotatable bonds is 5. The molecule has 2 N–H and O–H groups in total. The van der Waals surface area contributed by atoms with Crippen LogP contribution in [0.2, 0.25) is 0 Å². The maximum Gasteiger partial charge on any atom is 0.405 e. The Balaban J connectivity index is 1.85. The largest absolute Gasteiger partial charge is 0.405 e. The zero-order valence-corrected chi connectivity index (χ0v) is 20.0. The standard InChI is InChI=1S/C26H35F3N2O2/c1-17-5-7-22-19(6-8-21(17)24(32)30-15-18-9-11-33-12-10-18)13-20(31-16-26(27,28)29)14-23(22)25(2,3)4/h6,8,13-14,18,31H,5,7,9-12,15-16H2,1-4H3,(H,30,32). The highest BCUT2D eigenvalue weighted by atomic mass is 19.4. The lowest BCUT2D eigenvalue weighted by Gasteiger charge is -2.27. The monoisotopic (exact) mass is 464 g/mol. The maximum absolute atomic E-state index is 12.9. The van der Waals surface area contributed by atoms with E-state index in [-0.39, 0.29) is 11.3 Å². The van der Waals surface area contributed by atoms with Gasteiger partial charge in [0.1, 0.15) is 6.54 Å². The number of anilines is 1. The van der Waals surface area contributed by atoms with Gasteiger partial charge in [0.2, 0.25) is 0 Å². The number of halogens is 3. The molecule has 4 nitrogen and oxygen atoms in total. The van der Waals surface area contributed by atoms with Gasteiger partial charge in [0.15, 0.2) is 0 Å². The van der Waals surface area contributed by atoms with Crippen LogP contribution in [-0.4, -0.2) is 38.4 Å². The Hall–Kier alpha value is -2.28. The Morgan fingerprint density at radius 3 is 2.42 bits per heavy atom. The molecule has 1 aliphatic heterocycles. The predicted molar refractivity (Wildman–Crippen MR) is 126 cm³/mol. The summed E-state index contributed by atoms with van der Waals surface area (Å²) in [6.45, 7) is 9.19. The van der Waals surface area contributed by atoms with Crippen molar-refractivity contribution in [1.82, 2.24) is 5.32 Å². The average molecular weight is 465 g/mol. The van der Waals surface area contributed by atoms with Crippen molar-refractivity contribution in [2.24, 2.45) is 5.92 Å². The SMILES string of the molecule is CC1=C(C(=O)NCC2CCOCC2)C=Cc2cc(NCC(F)(F)F)cc(C(C)(C)C)c2CC1. The van der Waals surface area contributed by atoms with Gasteiger partial charge in [-0.3, -0.25) is 4.79 Å². The smallest absolute Gasteiger partial charge is 0.381 e. The zero-order valence-electron chi connectivity index (χ0n) is 20.0. The van der Waals surface area contributed by atoms with E-state index < -0.39 is 12.7 Å². The van der Waals surface area contributed by atoms with Crippen molar-refractivity contribution in [2.75, 3.05) is 31.6 Å². The summed E-state index contributed by atoms with van der Waals surface area (Å²) in [5.41, 5.74) is 4.86. The van der Waals surface area contributed by atoms with Crippen molar-refractivity contribution >= 4 is 17.7 Å². The van der Waals surface area contributed by atoms with Gasteiger partial charge < -0.3 is 15.4 Å². The first-order valence-electron chi connectivity index (χ1n) is 11.7. The molecule has 1 amide bonds. The summed E-state index contributed by atoms with van der Waals surface area (Å²) in [6, 6.07) is 3.59. The number of amides is 1. The van der Waals surface area contributed by atoms with Gasteiger partial charge in [-0.15, -0.1) is 0 Å². The molecule has 1 saturated heterocycles. The quantitative estimate of drug-likeness (QED) is 0.581. The average Bonchev–Trinajstić information content (AvgIpc) is 2.73. The van der Waals surface area contributed by atoms with Crippen LogP contribution in [0.5, 0.6) is 0 Å². The normalized spacial score (nSPS) is 17.9. The molecule has 0 bridgehead atoms. The molecule has 0 aromatic heterocycles. The summed E-state index contributed by atoms with van der Waals surface area (Å²) in [5.74, 6) is 0.333. The van der Waals surface area contributed by atoms with Crippen LogP contribution in [0.3, 0.4) is 0 Å². The van der Waals surface area contributed by atoms with Crippen molar-refractivity contribution in [3.8, 4) is 0 Å². The van der Waals surface area contributed by atoms with E-state index >= 15 is 0 Å². The number of fused-ring (bicyclic) bond motifs is 1. The lowest BCUT2D eigenvalue weighted by atomic mass is 9.79. The minimum Gasteiger partial charge on any atom is -0.381 e. The molecule has 0 saturated carbocycles. The summed E-state index contributed by atoms with van der Waals surface area (Å²) in [4.78, 5) is 12.9. The van der Waals surface area contributed by atoms with Crippen LogP contribution in [0.15, 0.2) is 29.4 Å². The van der Waals surface area contributed by atoms with Gasteiger partial charge in [-0.05, 0) is 78.8 Å². The molecular weight excluding hydrogens is 429 g/mol. The summed E-state index contributed by atoms with van der Waals surface area (Å²) < 4.78 is 43.8. The lowest BCUT2D eigenvalue weighted by molar-refractivity contribution is -0.117. The molecule has 7 heteroatoms. The van der Waals surface area contributed by atoms with Crippen LogP contribution >= 0.6 is 0 Å². The Kier molecular flexibility index (Phi) is 7.93. The van der Waals surface area contributed by atoms with E-state index in [9.17, 15) is 18.0 Å². The van der Waals surface area contributed by atoms with Crippen LogP contribution in [0.4, 0.5) is 18.9 Å². The van der Waals surface area contributed by atoms with Gasteiger partial charge in [-0.25, -0.2) is 0 Å². The van der Waals surface area contributed by atoms with Crippen molar-refractivity contribution in [1.29, 1.82) is 0 Å². The molecule has 1 aromatic carbocycles. The molecule has 1 aliphatic carbocycles. The van der Waals surface area contributed by atoms with Gasteiger partial charge in [0.25, 0.3) is 5.91 Å². The first-order valence-corrected chi connectivity index (χ1v) is 11.7. The van der Waals surface area contributed by atoms with Crippen molar-refractivity contribution in [2.45, 2.75) is 65.0 Å². The number of allylic oxidation sites excluding steroid dienone is 1. The van der Waals surface area contributed by atoms with Gasteiger partial charge in [0.05, 0.1) is 0 Å². The van der Waals surface area contributed by atoms with Gasteiger partial charge in [0, 0.05) is 31.0 Å². The van der Waals surface area contributed by atoms with Crippen molar-refractivity contribution in [3.05, 3.63) is 46.0 Å². The Labute approximate surface area is 194 Å². The van der Waals surface area contributed by atoms with Crippen molar-refractivity contribution in [3.63, 3.8) is 0 Å². The molecule has 0 radical (unpaired) electrons. The van der Waals surface area contributed by atoms with Gasteiger partial charge in [-0.2, -0.15) is 13.2 Å². The number of hydrogen-bond donors (Lipinski definition) is 2. The van der Waals surface area contributed by atoms with Crippen LogP contribution in [-0.2, 0) is 21.4 Å². The molecular formula is C26H35F3N2O2. The fraction of sp³-hybridized carbons (Fsp3) is 0.577. The van der Waals surface area contributed by atoms with Gasteiger partial charge in [-0.1, -0.05) is 32.4 Å². The van der Waals surface area contributed by atoms with Crippen LogP contribution in [0, 0.1) is 5.92 Å².